The summed E-state index contributed by atoms with van der Waals surface area (Å²) in [6, 6.07) is 1.58. The molecule has 2 rings (SSSR count). The van der Waals surface area contributed by atoms with Crippen molar-refractivity contribution < 1.29 is 9.72 Å². The molecule has 0 aliphatic heterocycles. The average molecular weight is 250 g/mol. The Morgan fingerprint density at radius 2 is 2.33 bits per heavy atom. The standard InChI is InChI=1S/C11H14N4O3/c1-2-12-10-5-8(9(6-13-10)15(17)18)11(16)14-7-3-4-7/h5-7H,2-4H2,1H3,(H,12,13)(H,14,16). The van der Waals surface area contributed by atoms with E-state index >= 15 is 0 Å². The second kappa shape index (κ2) is 4.99. The van der Waals surface area contributed by atoms with E-state index in [9.17, 15) is 14.9 Å². The zero-order chi connectivity index (χ0) is 13.1. The van der Waals surface area contributed by atoms with E-state index in [1.165, 1.54) is 6.07 Å². The van der Waals surface area contributed by atoms with E-state index in [-0.39, 0.29) is 17.3 Å². The van der Waals surface area contributed by atoms with Crippen LogP contribution in [0.4, 0.5) is 11.5 Å². The Labute approximate surface area is 104 Å². The van der Waals surface area contributed by atoms with Gasteiger partial charge in [-0.1, -0.05) is 0 Å². The molecule has 96 valence electrons. The van der Waals surface area contributed by atoms with Crippen LogP contribution in [0.25, 0.3) is 0 Å². The van der Waals surface area contributed by atoms with Crippen molar-refractivity contribution >= 4 is 17.4 Å². The molecule has 1 saturated carbocycles. The Kier molecular flexibility index (Phi) is 3.40. The molecule has 1 heterocycles. The van der Waals surface area contributed by atoms with Gasteiger partial charge in [-0.05, 0) is 19.8 Å². The predicted molar refractivity (Wildman–Crippen MR) is 65.5 cm³/mol. The van der Waals surface area contributed by atoms with Crippen molar-refractivity contribution in [1.82, 2.24) is 10.3 Å². The maximum Gasteiger partial charge on any atom is 0.300 e. The van der Waals surface area contributed by atoms with E-state index in [4.69, 9.17) is 0 Å². The lowest BCUT2D eigenvalue weighted by Gasteiger charge is -2.07. The number of nitro groups is 1. The number of amides is 1. The molecular formula is C11H14N4O3. The topological polar surface area (TPSA) is 97.2 Å². The largest absolute Gasteiger partial charge is 0.370 e. The van der Waals surface area contributed by atoms with Crippen LogP contribution in [-0.2, 0) is 0 Å². The van der Waals surface area contributed by atoms with E-state index in [2.05, 4.69) is 15.6 Å². The number of rotatable bonds is 5. The number of anilines is 1. The Balaban J connectivity index is 2.29. The molecule has 0 saturated heterocycles. The van der Waals surface area contributed by atoms with Crippen molar-refractivity contribution in [2.24, 2.45) is 0 Å². The Hall–Kier alpha value is -2.18. The van der Waals surface area contributed by atoms with Crippen LogP contribution in [0, 0.1) is 10.1 Å². The molecule has 0 radical (unpaired) electrons. The smallest absolute Gasteiger partial charge is 0.300 e. The van der Waals surface area contributed by atoms with E-state index < -0.39 is 10.8 Å². The third-order valence-corrected chi connectivity index (χ3v) is 2.59. The van der Waals surface area contributed by atoms with Crippen molar-refractivity contribution in [3.05, 3.63) is 27.9 Å². The molecule has 7 heteroatoms. The molecule has 1 aliphatic rings. The van der Waals surface area contributed by atoms with Crippen LogP contribution in [0.15, 0.2) is 12.3 Å². The summed E-state index contributed by atoms with van der Waals surface area (Å²) < 4.78 is 0. The molecule has 7 nitrogen and oxygen atoms in total. The molecular weight excluding hydrogens is 236 g/mol. The zero-order valence-corrected chi connectivity index (χ0v) is 9.97. The summed E-state index contributed by atoms with van der Waals surface area (Å²) >= 11 is 0. The molecule has 1 aliphatic carbocycles. The van der Waals surface area contributed by atoms with Gasteiger partial charge in [0.2, 0.25) is 0 Å². The summed E-state index contributed by atoms with van der Waals surface area (Å²) in [4.78, 5) is 26.1. The van der Waals surface area contributed by atoms with Gasteiger partial charge in [0.25, 0.3) is 11.6 Å². The van der Waals surface area contributed by atoms with Crippen LogP contribution in [-0.4, -0.2) is 28.4 Å². The van der Waals surface area contributed by atoms with Gasteiger partial charge in [0.1, 0.15) is 17.6 Å². The maximum absolute atomic E-state index is 11.9. The fourth-order valence-corrected chi connectivity index (χ4v) is 1.54. The number of nitrogens with zero attached hydrogens (tertiary/aromatic N) is 2. The van der Waals surface area contributed by atoms with E-state index in [0.717, 1.165) is 19.0 Å². The number of carbonyl (C=O) groups excluding carboxylic acids is 1. The summed E-state index contributed by atoms with van der Waals surface area (Å²) in [6.45, 7) is 2.52. The van der Waals surface area contributed by atoms with E-state index in [1.54, 1.807) is 0 Å². The molecule has 0 spiro atoms. The second-order valence-electron chi connectivity index (χ2n) is 4.12. The van der Waals surface area contributed by atoms with Crippen molar-refractivity contribution in [3.63, 3.8) is 0 Å². The van der Waals surface area contributed by atoms with Gasteiger partial charge < -0.3 is 10.6 Å². The lowest BCUT2D eigenvalue weighted by Crippen LogP contribution is -2.26. The van der Waals surface area contributed by atoms with E-state index in [0.29, 0.717) is 12.4 Å². The number of aromatic nitrogens is 1. The molecule has 2 N–H and O–H groups in total. The van der Waals surface area contributed by atoms with Crippen molar-refractivity contribution in [1.29, 1.82) is 0 Å². The minimum atomic E-state index is -0.593. The Bertz CT molecular complexity index is 485. The summed E-state index contributed by atoms with van der Waals surface area (Å²) in [5, 5.41) is 16.5. The highest BCUT2D eigenvalue weighted by Crippen LogP contribution is 2.23. The molecule has 0 aromatic carbocycles. The normalized spacial score (nSPS) is 14.1. The summed E-state index contributed by atoms with van der Waals surface area (Å²) in [5.74, 6) is 0.0507. The van der Waals surface area contributed by atoms with Gasteiger partial charge in [0, 0.05) is 18.7 Å². The summed E-state index contributed by atoms with van der Waals surface area (Å²) in [7, 11) is 0. The number of hydrogen-bond acceptors (Lipinski definition) is 5. The number of carbonyl (C=O) groups is 1. The first-order valence-corrected chi connectivity index (χ1v) is 5.81. The minimum absolute atomic E-state index is 0.0536. The highest BCUT2D eigenvalue weighted by Gasteiger charge is 2.28. The molecule has 1 fully saturated rings. The fraction of sp³-hybridized carbons (Fsp3) is 0.455. The Morgan fingerprint density at radius 1 is 1.61 bits per heavy atom. The number of nitrogens with one attached hydrogen (secondary N) is 2. The molecule has 1 aromatic rings. The van der Waals surface area contributed by atoms with Gasteiger partial charge in [0.05, 0.1) is 4.92 Å². The molecule has 1 amide bonds. The van der Waals surface area contributed by atoms with Crippen molar-refractivity contribution in [2.75, 3.05) is 11.9 Å². The fourth-order valence-electron chi connectivity index (χ4n) is 1.54. The van der Waals surface area contributed by atoms with Crippen LogP contribution < -0.4 is 10.6 Å². The first-order valence-electron chi connectivity index (χ1n) is 5.81. The van der Waals surface area contributed by atoms with Crippen molar-refractivity contribution in [3.8, 4) is 0 Å². The third kappa shape index (κ3) is 2.73. The average Bonchev–Trinajstić information content (AvgIpc) is 3.13. The van der Waals surface area contributed by atoms with Gasteiger partial charge >= 0.3 is 0 Å². The highest BCUT2D eigenvalue weighted by molar-refractivity contribution is 5.99. The predicted octanol–water partition coefficient (Wildman–Crippen LogP) is 1.31. The van der Waals surface area contributed by atoms with Gasteiger partial charge in [-0.15, -0.1) is 0 Å². The van der Waals surface area contributed by atoms with Crippen LogP contribution in [0.5, 0.6) is 0 Å². The quantitative estimate of drug-likeness (QED) is 0.606. The van der Waals surface area contributed by atoms with Crippen LogP contribution in [0.3, 0.4) is 0 Å². The molecule has 1 aromatic heterocycles. The maximum atomic E-state index is 11.9. The van der Waals surface area contributed by atoms with Gasteiger partial charge in [0.15, 0.2) is 0 Å². The lowest BCUT2D eigenvalue weighted by atomic mass is 10.2. The van der Waals surface area contributed by atoms with Crippen molar-refractivity contribution in [2.45, 2.75) is 25.8 Å². The van der Waals surface area contributed by atoms with Gasteiger partial charge in [-0.3, -0.25) is 14.9 Å². The van der Waals surface area contributed by atoms with E-state index in [1.807, 2.05) is 6.92 Å². The summed E-state index contributed by atoms with van der Waals surface area (Å²) in [5.41, 5.74) is -0.215. The third-order valence-electron chi connectivity index (χ3n) is 2.59. The lowest BCUT2D eigenvalue weighted by molar-refractivity contribution is -0.385. The monoisotopic (exact) mass is 250 g/mol. The van der Waals surface area contributed by atoms with Crippen LogP contribution >= 0.6 is 0 Å². The molecule has 0 bridgehead atoms. The molecule has 0 unspecified atom stereocenters. The van der Waals surface area contributed by atoms with Gasteiger partial charge in [-0.25, -0.2) is 4.98 Å². The SMILES string of the molecule is CCNc1cc(C(=O)NC2CC2)c([N+](=O)[O-])cn1. The summed E-state index contributed by atoms with van der Waals surface area (Å²) in [6.07, 6.45) is 2.98. The zero-order valence-electron chi connectivity index (χ0n) is 9.97. The van der Waals surface area contributed by atoms with Crippen LogP contribution in [0.2, 0.25) is 0 Å². The van der Waals surface area contributed by atoms with Gasteiger partial charge in [-0.2, -0.15) is 0 Å². The highest BCUT2D eigenvalue weighted by atomic mass is 16.6. The molecule has 0 atom stereocenters. The number of hydrogen-bond donors (Lipinski definition) is 2. The Morgan fingerprint density at radius 3 is 2.89 bits per heavy atom. The number of pyridine rings is 1. The van der Waals surface area contributed by atoms with Crippen LogP contribution in [0.1, 0.15) is 30.1 Å². The first kappa shape index (κ1) is 12.3. The minimum Gasteiger partial charge on any atom is -0.370 e. The first-order chi connectivity index (χ1) is 8.61. The second-order valence-corrected chi connectivity index (χ2v) is 4.12. The molecule has 18 heavy (non-hydrogen) atoms.